The Morgan fingerprint density at radius 1 is 1.06 bits per heavy atom. The van der Waals surface area contributed by atoms with E-state index in [4.69, 9.17) is 16.3 Å². The molecule has 0 bridgehead atoms. The van der Waals surface area contributed by atoms with Crippen LogP contribution < -0.4 is 5.32 Å². The topological polar surface area (TPSA) is 81.9 Å². The fourth-order valence-electron chi connectivity index (χ4n) is 3.56. The Balaban J connectivity index is 1.80. The van der Waals surface area contributed by atoms with Crippen LogP contribution in [0.5, 0.6) is 0 Å². The zero-order valence-corrected chi connectivity index (χ0v) is 19.4. The summed E-state index contributed by atoms with van der Waals surface area (Å²) in [5, 5.41) is 8.49. The van der Waals surface area contributed by atoms with Gasteiger partial charge in [0.15, 0.2) is 0 Å². The van der Waals surface area contributed by atoms with Gasteiger partial charge >= 0.3 is 5.97 Å². The molecule has 0 atom stereocenters. The van der Waals surface area contributed by atoms with Crippen molar-refractivity contribution in [2.75, 3.05) is 11.9 Å². The number of aryl methyl sites for hydroxylation is 2. The average molecular weight is 462 g/mol. The average Bonchev–Trinajstić information content (AvgIpc) is 3.22. The molecule has 2 aromatic heterocycles. The summed E-state index contributed by atoms with van der Waals surface area (Å²) in [6, 6.07) is 17.2. The number of esters is 1. The van der Waals surface area contributed by atoms with Crippen molar-refractivity contribution < 1.29 is 9.53 Å². The molecule has 33 heavy (non-hydrogen) atoms. The van der Waals surface area contributed by atoms with Gasteiger partial charge in [-0.3, -0.25) is 0 Å². The number of ether oxygens (including phenoxy) is 1. The summed E-state index contributed by atoms with van der Waals surface area (Å²) in [4.78, 5) is 21.9. The zero-order valence-electron chi connectivity index (χ0n) is 18.7. The number of hydrogen-bond donors (Lipinski definition) is 1. The van der Waals surface area contributed by atoms with Crippen LogP contribution in [-0.4, -0.2) is 32.3 Å². The smallest absolute Gasteiger partial charge is 0.343 e. The molecule has 4 rings (SSSR count). The van der Waals surface area contributed by atoms with Gasteiger partial charge in [0.25, 0.3) is 0 Å². The summed E-state index contributed by atoms with van der Waals surface area (Å²) in [7, 11) is 0. The standard InChI is InChI=1S/C25H24ClN5O2/c1-4-33-25(32)22-15-27-31(20-8-6-5-7-9-20)24(22)30-23-21(16(2)28-17(3)29-23)14-18-10-12-19(26)13-11-18/h5-13,15H,4,14H2,1-3H3,(H,28,29,30). The van der Waals surface area contributed by atoms with Crippen LogP contribution in [0.15, 0.2) is 60.8 Å². The second-order valence-corrected chi connectivity index (χ2v) is 7.92. The molecule has 4 aromatic rings. The van der Waals surface area contributed by atoms with Crippen LogP contribution in [0.2, 0.25) is 5.02 Å². The number of aromatic nitrogens is 4. The number of nitrogens with one attached hydrogen (secondary N) is 1. The van der Waals surface area contributed by atoms with Crippen molar-refractivity contribution in [2.24, 2.45) is 0 Å². The first-order valence-corrected chi connectivity index (χ1v) is 11.0. The van der Waals surface area contributed by atoms with Crippen molar-refractivity contribution in [2.45, 2.75) is 27.2 Å². The summed E-state index contributed by atoms with van der Waals surface area (Å²) >= 11 is 6.05. The van der Waals surface area contributed by atoms with Gasteiger partial charge in [0.1, 0.15) is 23.0 Å². The number of carbonyl (C=O) groups is 1. The van der Waals surface area contributed by atoms with Crippen molar-refractivity contribution >= 4 is 29.2 Å². The Labute approximate surface area is 197 Å². The Morgan fingerprint density at radius 3 is 2.48 bits per heavy atom. The number of rotatable bonds is 7. The molecule has 7 nitrogen and oxygen atoms in total. The van der Waals surface area contributed by atoms with Gasteiger partial charge in [-0.05, 0) is 50.6 Å². The van der Waals surface area contributed by atoms with Crippen LogP contribution >= 0.6 is 11.6 Å². The van der Waals surface area contributed by atoms with Crippen molar-refractivity contribution in [3.8, 4) is 5.69 Å². The van der Waals surface area contributed by atoms with Gasteiger partial charge in [-0.1, -0.05) is 41.9 Å². The van der Waals surface area contributed by atoms with Crippen LogP contribution in [0.4, 0.5) is 11.6 Å². The maximum Gasteiger partial charge on any atom is 0.343 e. The molecule has 0 radical (unpaired) electrons. The van der Waals surface area contributed by atoms with E-state index < -0.39 is 5.97 Å². The summed E-state index contributed by atoms with van der Waals surface area (Å²) in [6.45, 7) is 5.83. The molecule has 8 heteroatoms. The highest BCUT2D eigenvalue weighted by molar-refractivity contribution is 6.30. The third kappa shape index (κ3) is 5.04. The molecule has 0 fully saturated rings. The minimum atomic E-state index is -0.455. The van der Waals surface area contributed by atoms with E-state index in [1.165, 1.54) is 6.20 Å². The molecule has 0 amide bonds. The second-order valence-electron chi connectivity index (χ2n) is 7.49. The third-order valence-corrected chi connectivity index (χ3v) is 5.37. The molecule has 0 saturated heterocycles. The predicted molar refractivity (Wildman–Crippen MR) is 129 cm³/mol. The van der Waals surface area contributed by atoms with Gasteiger partial charge in [-0.25, -0.2) is 19.4 Å². The highest BCUT2D eigenvalue weighted by atomic mass is 35.5. The number of carbonyl (C=O) groups excluding carboxylic acids is 1. The van der Waals surface area contributed by atoms with E-state index in [1.807, 2.05) is 68.4 Å². The number of hydrogen-bond acceptors (Lipinski definition) is 6. The van der Waals surface area contributed by atoms with Gasteiger partial charge in [0, 0.05) is 22.7 Å². The van der Waals surface area contributed by atoms with Crippen molar-refractivity contribution in [3.63, 3.8) is 0 Å². The molecule has 0 unspecified atom stereocenters. The van der Waals surface area contributed by atoms with E-state index in [9.17, 15) is 4.79 Å². The summed E-state index contributed by atoms with van der Waals surface area (Å²) in [5.74, 6) is 1.26. The largest absolute Gasteiger partial charge is 0.462 e. The number of nitrogens with zero attached hydrogens (tertiary/aromatic N) is 4. The Hall–Kier alpha value is -3.71. The van der Waals surface area contributed by atoms with Crippen molar-refractivity contribution in [1.82, 2.24) is 19.7 Å². The molecule has 168 valence electrons. The summed E-state index contributed by atoms with van der Waals surface area (Å²) in [6.07, 6.45) is 2.10. The number of para-hydroxylation sites is 1. The fraction of sp³-hybridized carbons (Fsp3) is 0.200. The maximum absolute atomic E-state index is 12.7. The minimum Gasteiger partial charge on any atom is -0.462 e. The number of anilines is 2. The molecule has 0 spiro atoms. The monoisotopic (exact) mass is 461 g/mol. The first kappa shape index (κ1) is 22.5. The lowest BCUT2D eigenvalue weighted by atomic mass is 10.0. The van der Waals surface area contributed by atoms with Crippen LogP contribution in [-0.2, 0) is 11.2 Å². The van der Waals surface area contributed by atoms with Crippen LogP contribution in [0.25, 0.3) is 5.69 Å². The number of halogens is 1. The first-order valence-electron chi connectivity index (χ1n) is 10.6. The molecule has 0 aliphatic rings. The van der Waals surface area contributed by atoms with Crippen LogP contribution in [0.3, 0.4) is 0 Å². The molecule has 0 aliphatic heterocycles. The predicted octanol–water partition coefficient (Wildman–Crippen LogP) is 5.44. The lowest BCUT2D eigenvalue weighted by Crippen LogP contribution is -2.13. The van der Waals surface area contributed by atoms with E-state index in [0.29, 0.717) is 34.5 Å². The molecular weight excluding hydrogens is 438 g/mol. The highest BCUT2D eigenvalue weighted by Crippen LogP contribution is 2.28. The Bertz CT molecular complexity index is 1270. The van der Waals surface area contributed by atoms with Gasteiger partial charge in [0.05, 0.1) is 18.5 Å². The summed E-state index contributed by atoms with van der Waals surface area (Å²) in [5.41, 5.74) is 3.96. The van der Waals surface area contributed by atoms with Gasteiger partial charge < -0.3 is 10.1 Å². The SMILES string of the molecule is CCOC(=O)c1cnn(-c2ccccc2)c1Nc1nc(C)nc(C)c1Cc1ccc(Cl)cc1. The fourth-order valence-corrected chi connectivity index (χ4v) is 3.69. The van der Waals surface area contributed by atoms with E-state index in [0.717, 1.165) is 22.5 Å². The maximum atomic E-state index is 12.7. The molecule has 2 aromatic carbocycles. The second kappa shape index (κ2) is 9.83. The number of benzene rings is 2. The third-order valence-electron chi connectivity index (χ3n) is 5.12. The molecule has 0 aliphatic carbocycles. The van der Waals surface area contributed by atoms with E-state index in [1.54, 1.807) is 11.6 Å². The quantitative estimate of drug-likeness (QED) is 0.369. The normalized spacial score (nSPS) is 10.8. The van der Waals surface area contributed by atoms with Gasteiger partial charge in [-0.2, -0.15) is 5.10 Å². The van der Waals surface area contributed by atoms with E-state index in [2.05, 4.69) is 20.4 Å². The van der Waals surface area contributed by atoms with Gasteiger partial charge in [-0.15, -0.1) is 0 Å². The van der Waals surface area contributed by atoms with Gasteiger partial charge in [0.2, 0.25) is 0 Å². The lowest BCUT2D eigenvalue weighted by molar-refractivity contribution is 0.0527. The molecule has 1 N–H and O–H groups in total. The van der Waals surface area contributed by atoms with E-state index >= 15 is 0 Å². The van der Waals surface area contributed by atoms with Crippen molar-refractivity contribution in [1.29, 1.82) is 0 Å². The highest BCUT2D eigenvalue weighted by Gasteiger charge is 2.22. The van der Waals surface area contributed by atoms with Crippen molar-refractivity contribution in [3.05, 3.63) is 94.0 Å². The molecule has 2 heterocycles. The lowest BCUT2D eigenvalue weighted by Gasteiger charge is -2.16. The Kier molecular flexibility index (Phi) is 6.70. The molecule has 0 saturated carbocycles. The van der Waals surface area contributed by atoms with Crippen LogP contribution in [0.1, 0.15) is 39.9 Å². The van der Waals surface area contributed by atoms with E-state index in [-0.39, 0.29) is 6.61 Å². The summed E-state index contributed by atoms with van der Waals surface area (Å²) < 4.78 is 6.93. The van der Waals surface area contributed by atoms with Crippen LogP contribution in [0, 0.1) is 13.8 Å². The molecular formula is C25H24ClN5O2. The minimum absolute atomic E-state index is 0.266. The first-order chi connectivity index (χ1) is 16.0. The Morgan fingerprint density at radius 2 is 1.79 bits per heavy atom. The zero-order chi connectivity index (χ0) is 23.4.